The molecule has 0 spiro atoms. The monoisotopic (exact) mass is 229 g/mol. The molecule has 0 saturated heterocycles. The molecule has 1 rings (SSSR count). The molecular formula is C17H25. The van der Waals surface area contributed by atoms with Gasteiger partial charge < -0.3 is 0 Å². The standard InChI is InChI=1S/C17H25/c1-3-5-6-7-8-9-13-17-15-11-10-14-16(17)12-4-2/h4,10-11,15H,2-3,5-9,12-13H2,1H3. The minimum Gasteiger partial charge on any atom is -0.103 e. The molecule has 1 aromatic rings. The number of aryl methyl sites for hydroxylation is 1. The predicted molar refractivity (Wildman–Crippen MR) is 76.3 cm³/mol. The number of unbranched alkanes of at least 4 members (excludes halogenated alkanes) is 5. The van der Waals surface area contributed by atoms with E-state index in [4.69, 9.17) is 0 Å². The van der Waals surface area contributed by atoms with Crippen LogP contribution in [0.4, 0.5) is 0 Å². The van der Waals surface area contributed by atoms with Crippen LogP contribution in [-0.2, 0) is 12.8 Å². The molecule has 93 valence electrons. The number of hydrogen-bond donors (Lipinski definition) is 0. The summed E-state index contributed by atoms with van der Waals surface area (Å²) in [7, 11) is 0. The van der Waals surface area contributed by atoms with Crippen molar-refractivity contribution in [3.05, 3.63) is 48.0 Å². The van der Waals surface area contributed by atoms with E-state index in [0.717, 1.165) is 6.42 Å². The Morgan fingerprint density at radius 1 is 1.18 bits per heavy atom. The van der Waals surface area contributed by atoms with Crippen molar-refractivity contribution in [3.63, 3.8) is 0 Å². The normalized spacial score (nSPS) is 10.4. The molecule has 0 amide bonds. The van der Waals surface area contributed by atoms with E-state index in [2.05, 4.69) is 31.7 Å². The zero-order chi connectivity index (χ0) is 12.3. The summed E-state index contributed by atoms with van der Waals surface area (Å²) >= 11 is 0. The van der Waals surface area contributed by atoms with Crippen LogP contribution in [0.15, 0.2) is 30.9 Å². The quantitative estimate of drug-likeness (QED) is 0.407. The summed E-state index contributed by atoms with van der Waals surface area (Å²) in [5, 5.41) is 0. The van der Waals surface area contributed by atoms with E-state index in [1.54, 1.807) is 0 Å². The Hall–Kier alpha value is -1.04. The third-order valence-corrected chi connectivity index (χ3v) is 3.19. The molecule has 0 aliphatic rings. The van der Waals surface area contributed by atoms with Gasteiger partial charge in [-0.15, -0.1) is 6.58 Å². The second-order valence-electron chi connectivity index (χ2n) is 4.68. The van der Waals surface area contributed by atoms with Gasteiger partial charge >= 0.3 is 0 Å². The minimum atomic E-state index is 0.950. The summed E-state index contributed by atoms with van der Waals surface area (Å²) in [6.07, 6.45) is 12.3. The van der Waals surface area contributed by atoms with Crippen molar-refractivity contribution >= 4 is 0 Å². The van der Waals surface area contributed by atoms with Crippen LogP contribution in [0.25, 0.3) is 0 Å². The van der Waals surface area contributed by atoms with E-state index in [1.807, 2.05) is 12.1 Å². The van der Waals surface area contributed by atoms with Gasteiger partial charge in [0, 0.05) is 0 Å². The molecule has 17 heavy (non-hydrogen) atoms. The molecule has 0 aliphatic heterocycles. The lowest BCUT2D eigenvalue weighted by molar-refractivity contribution is 0.607. The van der Waals surface area contributed by atoms with Crippen LogP contribution in [0.3, 0.4) is 0 Å². The highest BCUT2D eigenvalue weighted by molar-refractivity contribution is 5.27. The molecule has 0 bridgehead atoms. The van der Waals surface area contributed by atoms with Crippen LogP contribution in [0.2, 0.25) is 0 Å². The van der Waals surface area contributed by atoms with E-state index >= 15 is 0 Å². The van der Waals surface area contributed by atoms with E-state index in [-0.39, 0.29) is 0 Å². The first-order valence-electron chi connectivity index (χ1n) is 6.97. The molecule has 0 saturated carbocycles. The van der Waals surface area contributed by atoms with Crippen LogP contribution >= 0.6 is 0 Å². The highest BCUT2D eigenvalue weighted by Crippen LogP contribution is 2.14. The van der Waals surface area contributed by atoms with Crippen LogP contribution in [-0.4, -0.2) is 0 Å². The summed E-state index contributed by atoms with van der Waals surface area (Å²) in [6, 6.07) is 9.67. The molecule has 0 heteroatoms. The summed E-state index contributed by atoms with van der Waals surface area (Å²) in [5.74, 6) is 0. The van der Waals surface area contributed by atoms with Gasteiger partial charge in [0.1, 0.15) is 0 Å². The van der Waals surface area contributed by atoms with Crippen molar-refractivity contribution in [2.75, 3.05) is 0 Å². The molecule has 0 heterocycles. The maximum absolute atomic E-state index is 3.81. The second kappa shape index (κ2) is 9.04. The van der Waals surface area contributed by atoms with E-state index in [9.17, 15) is 0 Å². The van der Waals surface area contributed by atoms with Gasteiger partial charge in [-0.3, -0.25) is 0 Å². The molecule has 0 N–H and O–H groups in total. The van der Waals surface area contributed by atoms with Gasteiger partial charge in [-0.25, -0.2) is 0 Å². The molecule has 0 aliphatic carbocycles. The van der Waals surface area contributed by atoms with Gasteiger partial charge in [0.25, 0.3) is 0 Å². The Bertz CT molecular complexity index is 312. The maximum Gasteiger partial charge on any atom is -0.00912 e. The molecular weight excluding hydrogens is 204 g/mol. The smallest absolute Gasteiger partial charge is 0.00912 e. The number of allylic oxidation sites excluding steroid dienone is 1. The Balaban J connectivity index is 2.28. The van der Waals surface area contributed by atoms with Gasteiger partial charge in [0.2, 0.25) is 0 Å². The molecule has 1 radical (unpaired) electrons. The van der Waals surface area contributed by atoms with Crippen molar-refractivity contribution in [1.82, 2.24) is 0 Å². The highest BCUT2D eigenvalue weighted by atomic mass is 14.0. The molecule has 0 aromatic heterocycles. The van der Waals surface area contributed by atoms with Gasteiger partial charge in [0.15, 0.2) is 0 Å². The van der Waals surface area contributed by atoms with Crippen molar-refractivity contribution < 1.29 is 0 Å². The largest absolute Gasteiger partial charge is 0.103 e. The van der Waals surface area contributed by atoms with Gasteiger partial charge in [0.05, 0.1) is 0 Å². The van der Waals surface area contributed by atoms with Gasteiger partial charge in [-0.05, 0) is 36.5 Å². The molecule has 0 unspecified atom stereocenters. The van der Waals surface area contributed by atoms with Crippen molar-refractivity contribution in [1.29, 1.82) is 0 Å². The summed E-state index contributed by atoms with van der Waals surface area (Å²) < 4.78 is 0. The maximum atomic E-state index is 3.81. The van der Waals surface area contributed by atoms with Crippen LogP contribution < -0.4 is 0 Å². The second-order valence-corrected chi connectivity index (χ2v) is 4.68. The van der Waals surface area contributed by atoms with E-state index in [1.165, 1.54) is 56.1 Å². The van der Waals surface area contributed by atoms with Gasteiger partial charge in [-0.1, -0.05) is 63.3 Å². The predicted octanol–water partition coefficient (Wildman–Crippen LogP) is 5.12. The van der Waals surface area contributed by atoms with Gasteiger partial charge in [-0.2, -0.15) is 0 Å². The average Bonchev–Trinajstić information content (AvgIpc) is 2.36. The lowest BCUT2D eigenvalue weighted by atomic mass is 9.98. The Morgan fingerprint density at radius 2 is 1.94 bits per heavy atom. The fourth-order valence-electron chi connectivity index (χ4n) is 2.17. The van der Waals surface area contributed by atoms with Crippen molar-refractivity contribution in [2.24, 2.45) is 0 Å². The lowest BCUT2D eigenvalue weighted by Crippen LogP contribution is -1.93. The first-order valence-corrected chi connectivity index (χ1v) is 6.97. The number of rotatable bonds is 9. The minimum absolute atomic E-state index is 0.950. The first kappa shape index (κ1) is 14.0. The summed E-state index contributed by atoms with van der Waals surface area (Å²) in [4.78, 5) is 0. The third kappa shape index (κ3) is 5.72. The van der Waals surface area contributed by atoms with E-state index < -0.39 is 0 Å². The molecule has 0 atom stereocenters. The highest BCUT2D eigenvalue weighted by Gasteiger charge is 2.00. The van der Waals surface area contributed by atoms with Crippen molar-refractivity contribution in [2.45, 2.75) is 58.3 Å². The topological polar surface area (TPSA) is 0 Å². The molecule has 0 fully saturated rings. The fourth-order valence-corrected chi connectivity index (χ4v) is 2.17. The summed E-state index contributed by atoms with van der Waals surface area (Å²) in [5.41, 5.74) is 2.79. The lowest BCUT2D eigenvalue weighted by Gasteiger charge is -2.07. The molecule has 1 aromatic carbocycles. The van der Waals surface area contributed by atoms with Crippen molar-refractivity contribution in [3.8, 4) is 0 Å². The molecule has 0 nitrogen and oxygen atoms in total. The zero-order valence-electron chi connectivity index (χ0n) is 11.2. The van der Waals surface area contributed by atoms with E-state index in [0.29, 0.717) is 0 Å². The summed E-state index contributed by atoms with van der Waals surface area (Å²) in [6.45, 7) is 6.07. The number of benzene rings is 1. The van der Waals surface area contributed by atoms with Crippen LogP contribution in [0, 0.1) is 6.07 Å². The Labute approximate surface area is 107 Å². The van der Waals surface area contributed by atoms with Crippen LogP contribution in [0.1, 0.15) is 56.6 Å². The average molecular weight is 229 g/mol. The zero-order valence-corrected chi connectivity index (χ0v) is 11.2. The Kier molecular flexibility index (Phi) is 7.46. The number of hydrogen-bond acceptors (Lipinski definition) is 0. The first-order chi connectivity index (χ1) is 8.38. The third-order valence-electron chi connectivity index (χ3n) is 3.19. The van der Waals surface area contributed by atoms with Crippen LogP contribution in [0.5, 0.6) is 0 Å². The fraction of sp³-hybridized carbons (Fsp3) is 0.529. The SMILES string of the molecule is C=CCc1[c]cccc1CCCCCCCC. The Morgan fingerprint density at radius 3 is 2.71 bits per heavy atom.